The van der Waals surface area contributed by atoms with Crippen LogP contribution >= 0.6 is 34.7 Å². The first-order valence-electron chi connectivity index (χ1n) is 7.36. The molecule has 1 N–H and O–H groups in total. The molecule has 0 radical (unpaired) electrons. The second-order valence-corrected chi connectivity index (χ2v) is 7.41. The van der Waals surface area contributed by atoms with E-state index in [1.807, 2.05) is 48.7 Å². The summed E-state index contributed by atoms with van der Waals surface area (Å²) < 4.78 is 6.00. The number of hydrogen-bond donors (Lipinski definition) is 1. The Morgan fingerprint density at radius 2 is 2.00 bits per heavy atom. The van der Waals surface area contributed by atoms with Crippen LogP contribution < -0.4 is 5.32 Å². The van der Waals surface area contributed by atoms with Crippen LogP contribution in [0.25, 0.3) is 10.1 Å². The van der Waals surface area contributed by atoms with Gasteiger partial charge in [0.2, 0.25) is 0 Å². The first kappa shape index (κ1) is 17.8. The molecule has 0 aliphatic rings. The first-order chi connectivity index (χ1) is 12.1. The molecule has 3 rings (SSSR count). The van der Waals surface area contributed by atoms with E-state index in [1.54, 1.807) is 17.8 Å². The smallest absolute Gasteiger partial charge is 0.350 e. The average molecular weight is 392 g/mol. The number of fused-ring (bicyclic) bond motifs is 1. The Bertz CT molecular complexity index is 939. The quantitative estimate of drug-likeness (QED) is 0.487. The van der Waals surface area contributed by atoms with Gasteiger partial charge in [-0.05, 0) is 30.5 Å². The topological polar surface area (TPSA) is 55.4 Å². The van der Waals surface area contributed by atoms with Crippen molar-refractivity contribution in [3.8, 4) is 0 Å². The van der Waals surface area contributed by atoms with Gasteiger partial charge in [0.25, 0.3) is 5.91 Å². The minimum atomic E-state index is -0.598. The number of halogens is 1. The summed E-state index contributed by atoms with van der Waals surface area (Å²) in [6.45, 7) is -0.368. The minimum Gasteiger partial charge on any atom is -0.451 e. The zero-order valence-corrected chi connectivity index (χ0v) is 15.6. The summed E-state index contributed by atoms with van der Waals surface area (Å²) in [5.41, 5.74) is 0.660. The number of rotatable bonds is 5. The fourth-order valence-electron chi connectivity index (χ4n) is 2.24. The molecular weight excluding hydrogens is 378 g/mol. The molecule has 7 heteroatoms. The monoisotopic (exact) mass is 391 g/mol. The van der Waals surface area contributed by atoms with Crippen molar-refractivity contribution in [1.29, 1.82) is 0 Å². The van der Waals surface area contributed by atoms with Crippen LogP contribution in [-0.2, 0) is 9.53 Å². The van der Waals surface area contributed by atoms with Gasteiger partial charge < -0.3 is 10.1 Å². The maximum Gasteiger partial charge on any atom is 0.350 e. The number of benzene rings is 2. The number of ether oxygens (including phenoxy) is 1. The number of amides is 1. The molecule has 0 saturated carbocycles. The van der Waals surface area contributed by atoms with Crippen molar-refractivity contribution in [1.82, 2.24) is 0 Å². The number of esters is 1. The molecule has 0 unspecified atom stereocenters. The maximum absolute atomic E-state index is 12.2. The normalized spacial score (nSPS) is 10.6. The molecule has 0 spiro atoms. The van der Waals surface area contributed by atoms with Crippen LogP contribution in [0.1, 0.15) is 9.67 Å². The van der Waals surface area contributed by atoms with Crippen molar-refractivity contribution in [3.63, 3.8) is 0 Å². The van der Waals surface area contributed by atoms with E-state index in [4.69, 9.17) is 16.3 Å². The van der Waals surface area contributed by atoms with Gasteiger partial charge in [-0.3, -0.25) is 4.79 Å². The minimum absolute atomic E-state index is 0.306. The van der Waals surface area contributed by atoms with Gasteiger partial charge in [-0.1, -0.05) is 35.9 Å². The molecule has 0 bridgehead atoms. The van der Waals surface area contributed by atoms with E-state index >= 15 is 0 Å². The fourth-order valence-corrected chi connectivity index (χ4v) is 4.10. The molecule has 1 aromatic heterocycles. The SMILES string of the molecule is CSc1cccc(NC(=O)COC(=O)c2sc3ccccc3c2Cl)c1. The number of carbonyl (C=O) groups excluding carboxylic acids is 2. The van der Waals surface area contributed by atoms with Gasteiger partial charge in [0.15, 0.2) is 6.61 Å². The van der Waals surface area contributed by atoms with E-state index < -0.39 is 11.9 Å². The highest BCUT2D eigenvalue weighted by atomic mass is 35.5. The van der Waals surface area contributed by atoms with Crippen molar-refractivity contribution in [2.75, 3.05) is 18.2 Å². The van der Waals surface area contributed by atoms with E-state index in [-0.39, 0.29) is 6.61 Å². The number of thioether (sulfide) groups is 1. The van der Waals surface area contributed by atoms with Crippen LogP contribution in [0, 0.1) is 0 Å². The number of thiophene rings is 1. The fraction of sp³-hybridized carbons (Fsp3) is 0.111. The van der Waals surface area contributed by atoms with Gasteiger partial charge in [-0.15, -0.1) is 23.1 Å². The Labute approximate surface area is 158 Å². The van der Waals surface area contributed by atoms with Gasteiger partial charge in [0.05, 0.1) is 5.02 Å². The predicted octanol–water partition coefficient (Wildman–Crippen LogP) is 5.07. The van der Waals surface area contributed by atoms with Crippen molar-refractivity contribution in [2.45, 2.75) is 4.90 Å². The molecule has 2 aromatic carbocycles. The molecule has 0 aliphatic heterocycles. The van der Waals surface area contributed by atoms with Crippen molar-refractivity contribution in [3.05, 3.63) is 58.4 Å². The predicted molar refractivity (Wildman–Crippen MR) is 104 cm³/mol. The van der Waals surface area contributed by atoms with E-state index in [1.165, 1.54) is 11.3 Å². The van der Waals surface area contributed by atoms with Crippen LogP contribution in [-0.4, -0.2) is 24.7 Å². The molecule has 1 heterocycles. The third kappa shape index (κ3) is 4.15. The van der Waals surface area contributed by atoms with Crippen molar-refractivity contribution >= 4 is 62.3 Å². The Kier molecular flexibility index (Phi) is 5.63. The molecule has 1 amide bonds. The molecule has 0 atom stereocenters. The van der Waals surface area contributed by atoms with Gasteiger partial charge in [-0.25, -0.2) is 4.79 Å². The highest BCUT2D eigenvalue weighted by Crippen LogP contribution is 2.35. The molecule has 0 fully saturated rings. The van der Waals surface area contributed by atoms with Gasteiger partial charge >= 0.3 is 5.97 Å². The Morgan fingerprint density at radius 3 is 2.76 bits per heavy atom. The summed E-state index contributed by atoms with van der Waals surface area (Å²) in [4.78, 5) is 25.5. The van der Waals surface area contributed by atoms with E-state index in [9.17, 15) is 9.59 Å². The molecule has 0 aliphatic carbocycles. The van der Waals surface area contributed by atoms with E-state index in [0.29, 0.717) is 15.6 Å². The number of carbonyl (C=O) groups is 2. The molecule has 3 aromatic rings. The Hall–Kier alpha value is -2.02. The van der Waals surface area contributed by atoms with Gasteiger partial charge in [0.1, 0.15) is 4.88 Å². The summed E-state index contributed by atoms with van der Waals surface area (Å²) in [5.74, 6) is -0.997. The van der Waals surface area contributed by atoms with E-state index in [2.05, 4.69) is 5.32 Å². The lowest BCUT2D eigenvalue weighted by Gasteiger charge is -2.07. The van der Waals surface area contributed by atoms with Crippen molar-refractivity contribution < 1.29 is 14.3 Å². The van der Waals surface area contributed by atoms with Crippen LogP contribution in [0.15, 0.2) is 53.4 Å². The molecule has 25 heavy (non-hydrogen) atoms. The standard InChI is InChI=1S/C18H14ClNO3S2/c1-24-12-6-4-5-11(9-12)20-15(21)10-23-18(22)17-16(19)13-7-2-3-8-14(13)25-17/h2-9H,10H2,1H3,(H,20,21). The largest absolute Gasteiger partial charge is 0.451 e. The number of anilines is 1. The van der Waals surface area contributed by atoms with Crippen molar-refractivity contribution in [2.24, 2.45) is 0 Å². The summed E-state index contributed by atoms with van der Waals surface area (Å²) in [6, 6.07) is 14.9. The second-order valence-electron chi connectivity index (χ2n) is 5.10. The highest BCUT2D eigenvalue weighted by molar-refractivity contribution is 7.98. The number of nitrogens with one attached hydrogen (secondary N) is 1. The van der Waals surface area contributed by atoms with Crippen LogP contribution in [0.2, 0.25) is 5.02 Å². The average Bonchev–Trinajstić information content (AvgIpc) is 2.97. The van der Waals surface area contributed by atoms with Gasteiger partial charge in [-0.2, -0.15) is 0 Å². The molecule has 0 saturated heterocycles. The molecule has 128 valence electrons. The molecule has 4 nitrogen and oxygen atoms in total. The summed E-state index contributed by atoms with van der Waals surface area (Å²) in [5, 5.41) is 3.87. The number of hydrogen-bond acceptors (Lipinski definition) is 5. The molecular formula is C18H14ClNO3S2. The third-order valence-electron chi connectivity index (χ3n) is 3.41. The lowest BCUT2D eigenvalue weighted by molar-refractivity contribution is -0.119. The highest BCUT2D eigenvalue weighted by Gasteiger charge is 2.19. The Morgan fingerprint density at radius 1 is 1.20 bits per heavy atom. The zero-order valence-electron chi connectivity index (χ0n) is 13.2. The first-order valence-corrected chi connectivity index (χ1v) is 9.78. The maximum atomic E-state index is 12.2. The summed E-state index contributed by atoms with van der Waals surface area (Å²) in [7, 11) is 0. The summed E-state index contributed by atoms with van der Waals surface area (Å²) >= 11 is 9.07. The lowest BCUT2D eigenvalue weighted by atomic mass is 10.2. The Balaban J connectivity index is 1.63. The van der Waals surface area contributed by atoms with Crippen LogP contribution in [0.5, 0.6) is 0 Å². The van der Waals surface area contributed by atoms with Gasteiger partial charge in [0, 0.05) is 20.7 Å². The zero-order chi connectivity index (χ0) is 17.8. The van der Waals surface area contributed by atoms with E-state index in [0.717, 1.165) is 15.0 Å². The lowest BCUT2D eigenvalue weighted by Crippen LogP contribution is -2.20. The van der Waals surface area contributed by atoms with Crippen LogP contribution in [0.4, 0.5) is 5.69 Å². The second kappa shape index (κ2) is 7.91. The summed E-state index contributed by atoms with van der Waals surface area (Å²) in [6.07, 6.45) is 1.96. The van der Waals surface area contributed by atoms with Crippen LogP contribution in [0.3, 0.4) is 0 Å². The third-order valence-corrected chi connectivity index (χ3v) is 5.79.